The SMILES string of the molecule is CNC(c1ccoc1)c1c(OC)cnn1C. The van der Waals surface area contributed by atoms with Crippen molar-refractivity contribution in [2.45, 2.75) is 6.04 Å². The highest BCUT2D eigenvalue weighted by atomic mass is 16.5. The Hall–Kier alpha value is -1.75. The molecule has 86 valence electrons. The van der Waals surface area contributed by atoms with Gasteiger partial charge in [0, 0.05) is 12.6 Å². The highest BCUT2D eigenvalue weighted by Crippen LogP contribution is 2.29. The summed E-state index contributed by atoms with van der Waals surface area (Å²) < 4.78 is 12.2. The molecule has 2 aromatic rings. The molecule has 0 aliphatic heterocycles. The zero-order valence-electron chi connectivity index (χ0n) is 9.60. The second kappa shape index (κ2) is 4.40. The first-order valence-corrected chi connectivity index (χ1v) is 5.03. The Morgan fingerprint density at radius 3 is 2.94 bits per heavy atom. The van der Waals surface area contributed by atoms with E-state index in [9.17, 15) is 0 Å². The minimum Gasteiger partial charge on any atom is -0.493 e. The Bertz CT molecular complexity index is 448. The predicted octanol–water partition coefficient (Wildman–Crippen LogP) is 1.33. The van der Waals surface area contributed by atoms with Crippen LogP contribution in [0.15, 0.2) is 29.2 Å². The summed E-state index contributed by atoms with van der Waals surface area (Å²) in [7, 11) is 5.43. The third-order valence-corrected chi connectivity index (χ3v) is 2.61. The van der Waals surface area contributed by atoms with E-state index in [1.165, 1.54) is 0 Å². The number of hydrogen-bond donors (Lipinski definition) is 1. The zero-order chi connectivity index (χ0) is 11.5. The van der Waals surface area contributed by atoms with Gasteiger partial charge < -0.3 is 14.5 Å². The topological polar surface area (TPSA) is 52.2 Å². The number of rotatable bonds is 4. The van der Waals surface area contributed by atoms with Crippen molar-refractivity contribution in [3.8, 4) is 5.75 Å². The van der Waals surface area contributed by atoms with Gasteiger partial charge in [0.25, 0.3) is 0 Å². The van der Waals surface area contributed by atoms with Crippen LogP contribution in [0.2, 0.25) is 0 Å². The molecule has 0 aliphatic carbocycles. The van der Waals surface area contributed by atoms with E-state index < -0.39 is 0 Å². The molecule has 0 amide bonds. The fourth-order valence-electron chi connectivity index (χ4n) is 1.81. The Labute approximate surface area is 94.0 Å². The Morgan fingerprint density at radius 1 is 1.56 bits per heavy atom. The normalized spacial score (nSPS) is 12.7. The molecule has 1 atom stereocenters. The molecular weight excluding hydrogens is 206 g/mol. The molecule has 2 rings (SSSR count). The second-order valence-corrected chi connectivity index (χ2v) is 3.50. The van der Waals surface area contributed by atoms with Crippen LogP contribution in [0, 0.1) is 0 Å². The maximum absolute atomic E-state index is 5.29. The number of ether oxygens (including phenoxy) is 1. The summed E-state index contributed by atoms with van der Waals surface area (Å²) in [5, 5.41) is 7.41. The fraction of sp³-hybridized carbons (Fsp3) is 0.364. The van der Waals surface area contributed by atoms with Crippen LogP contribution in [0.3, 0.4) is 0 Å². The summed E-state index contributed by atoms with van der Waals surface area (Å²) >= 11 is 0. The molecule has 0 aromatic carbocycles. The number of nitrogens with zero attached hydrogens (tertiary/aromatic N) is 2. The largest absolute Gasteiger partial charge is 0.493 e. The van der Waals surface area contributed by atoms with Crippen molar-refractivity contribution in [1.82, 2.24) is 15.1 Å². The summed E-state index contributed by atoms with van der Waals surface area (Å²) in [6.07, 6.45) is 5.08. The van der Waals surface area contributed by atoms with Gasteiger partial charge in [-0.1, -0.05) is 0 Å². The zero-order valence-corrected chi connectivity index (χ0v) is 9.60. The Balaban J connectivity index is 2.44. The van der Waals surface area contributed by atoms with E-state index in [-0.39, 0.29) is 6.04 Å². The third-order valence-electron chi connectivity index (χ3n) is 2.61. The molecule has 2 heterocycles. The number of methoxy groups -OCH3 is 1. The second-order valence-electron chi connectivity index (χ2n) is 3.50. The molecule has 0 saturated carbocycles. The number of hydrogen-bond acceptors (Lipinski definition) is 4. The van der Waals surface area contributed by atoms with Gasteiger partial charge in [0.1, 0.15) is 5.69 Å². The summed E-state index contributed by atoms with van der Waals surface area (Å²) in [5.74, 6) is 0.767. The fourth-order valence-corrected chi connectivity index (χ4v) is 1.81. The van der Waals surface area contributed by atoms with Crippen LogP contribution in [0.25, 0.3) is 0 Å². The molecule has 2 aromatic heterocycles. The first-order valence-electron chi connectivity index (χ1n) is 5.03. The average molecular weight is 221 g/mol. The quantitative estimate of drug-likeness (QED) is 0.846. The minimum atomic E-state index is 0.0150. The average Bonchev–Trinajstić information content (AvgIpc) is 2.91. The molecule has 0 aliphatic rings. The van der Waals surface area contributed by atoms with Crippen LogP contribution in [0.1, 0.15) is 17.3 Å². The smallest absolute Gasteiger partial charge is 0.161 e. The Morgan fingerprint density at radius 2 is 2.38 bits per heavy atom. The van der Waals surface area contributed by atoms with Gasteiger partial charge in [0.05, 0.1) is 31.9 Å². The van der Waals surface area contributed by atoms with E-state index in [1.54, 1.807) is 30.5 Å². The Kier molecular flexibility index (Phi) is 2.96. The summed E-state index contributed by atoms with van der Waals surface area (Å²) in [6, 6.07) is 1.94. The summed E-state index contributed by atoms with van der Waals surface area (Å²) in [6.45, 7) is 0. The molecule has 5 heteroatoms. The molecule has 0 radical (unpaired) electrons. The van der Waals surface area contributed by atoms with Crippen LogP contribution < -0.4 is 10.1 Å². The van der Waals surface area contributed by atoms with Crippen molar-refractivity contribution in [2.24, 2.45) is 7.05 Å². The van der Waals surface area contributed by atoms with E-state index in [4.69, 9.17) is 9.15 Å². The first kappa shape index (κ1) is 10.8. The molecule has 5 nitrogen and oxygen atoms in total. The van der Waals surface area contributed by atoms with E-state index >= 15 is 0 Å². The molecule has 0 bridgehead atoms. The lowest BCUT2D eigenvalue weighted by molar-refractivity contribution is 0.402. The highest BCUT2D eigenvalue weighted by molar-refractivity contribution is 5.34. The molecule has 16 heavy (non-hydrogen) atoms. The summed E-state index contributed by atoms with van der Waals surface area (Å²) in [5.41, 5.74) is 2.02. The van der Waals surface area contributed by atoms with Gasteiger partial charge >= 0.3 is 0 Å². The van der Waals surface area contributed by atoms with Crippen LogP contribution in [-0.4, -0.2) is 23.9 Å². The number of furan rings is 1. The van der Waals surface area contributed by atoms with Crippen molar-refractivity contribution >= 4 is 0 Å². The van der Waals surface area contributed by atoms with E-state index in [0.717, 1.165) is 17.0 Å². The standard InChI is InChI=1S/C11H15N3O2/c1-12-10(8-4-5-16-7-8)11-9(15-3)6-13-14(11)2/h4-7,10,12H,1-3H3. The molecule has 0 fully saturated rings. The van der Waals surface area contributed by atoms with E-state index in [2.05, 4.69) is 10.4 Å². The molecule has 1 unspecified atom stereocenters. The van der Waals surface area contributed by atoms with Gasteiger partial charge in [0.2, 0.25) is 0 Å². The molecule has 0 saturated heterocycles. The summed E-state index contributed by atoms with van der Waals surface area (Å²) in [4.78, 5) is 0. The maximum Gasteiger partial charge on any atom is 0.161 e. The number of nitrogens with one attached hydrogen (secondary N) is 1. The van der Waals surface area contributed by atoms with Gasteiger partial charge in [-0.05, 0) is 13.1 Å². The van der Waals surface area contributed by atoms with Crippen molar-refractivity contribution < 1.29 is 9.15 Å². The maximum atomic E-state index is 5.29. The van der Waals surface area contributed by atoms with Crippen LogP contribution in [0.4, 0.5) is 0 Å². The van der Waals surface area contributed by atoms with Gasteiger partial charge in [-0.25, -0.2) is 0 Å². The lowest BCUT2D eigenvalue weighted by Crippen LogP contribution is -2.20. The lowest BCUT2D eigenvalue weighted by atomic mass is 10.1. The molecular formula is C11H15N3O2. The van der Waals surface area contributed by atoms with E-state index in [1.807, 2.05) is 20.2 Å². The highest BCUT2D eigenvalue weighted by Gasteiger charge is 2.21. The number of aryl methyl sites for hydroxylation is 1. The van der Waals surface area contributed by atoms with Crippen molar-refractivity contribution in [3.05, 3.63) is 36.0 Å². The third kappa shape index (κ3) is 1.69. The van der Waals surface area contributed by atoms with Crippen LogP contribution >= 0.6 is 0 Å². The van der Waals surface area contributed by atoms with E-state index in [0.29, 0.717) is 0 Å². The van der Waals surface area contributed by atoms with Crippen LogP contribution in [-0.2, 0) is 7.05 Å². The number of aromatic nitrogens is 2. The minimum absolute atomic E-state index is 0.0150. The van der Waals surface area contributed by atoms with Gasteiger partial charge in [-0.15, -0.1) is 0 Å². The first-order chi connectivity index (χ1) is 7.77. The monoisotopic (exact) mass is 221 g/mol. The van der Waals surface area contributed by atoms with Crippen molar-refractivity contribution in [1.29, 1.82) is 0 Å². The van der Waals surface area contributed by atoms with Crippen molar-refractivity contribution in [2.75, 3.05) is 14.2 Å². The van der Waals surface area contributed by atoms with Crippen molar-refractivity contribution in [3.63, 3.8) is 0 Å². The van der Waals surface area contributed by atoms with Gasteiger partial charge in [-0.2, -0.15) is 5.10 Å². The lowest BCUT2D eigenvalue weighted by Gasteiger charge is -2.16. The molecule has 0 spiro atoms. The molecule has 1 N–H and O–H groups in total. The van der Waals surface area contributed by atoms with Crippen LogP contribution in [0.5, 0.6) is 5.75 Å². The van der Waals surface area contributed by atoms with Gasteiger partial charge in [0.15, 0.2) is 5.75 Å². The van der Waals surface area contributed by atoms with Gasteiger partial charge in [-0.3, -0.25) is 4.68 Å². The predicted molar refractivity (Wildman–Crippen MR) is 59.4 cm³/mol.